The van der Waals surface area contributed by atoms with Crippen LogP contribution in [0.2, 0.25) is 0 Å². The Kier molecular flexibility index (Phi) is 5.62. The van der Waals surface area contributed by atoms with Crippen LogP contribution in [-0.4, -0.2) is 55.3 Å². The van der Waals surface area contributed by atoms with Gasteiger partial charge < -0.3 is 5.11 Å². The van der Waals surface area contributed by atoms with Crippen molar-refractivity contribution < 1.29 is 18.3 Å². The number of carboxylic acids is 1. The lowest BCUT2D eigenvalue weighted by Crippen LogP contribution is -2.55. The molecule has 0 amide bonds. The first-order chi connectivity index (χ1) is 9.89. The zero-order valence-electron chi connectivity index (χ0n) is 12.6. The van der Waals surface area contributed by atoms with E-state index in [1.54, 1.807) is 0 Å². The predicted octanol–water partition coefficient (Wildman–Crippen LogP) is 1.03. The summed E-state index contributed by atoms with van der Waals surface area (Å²) in [6.45, 7) is 2.87. The molecule has 2 fully saturated rings. The fraction of sp³-hybridized carbons (Fsp3) is 0.929. The van der Waals surface area contributed by atoms with Gasteiger partial charge in [-0.1, -0.05) is 13.3 Å². The quantitative estimate of drug-likeness (QED) is 0.628. The second kappa shape index (κ2) is 7.07. The van der Waals surface area contributed by atoms with Crippen molar-refractivity contribution in [3.8, 4) is 0 Å². The number of sulfonamides is 1. The maximum atomic E-state index is 11.8. The molecule has 0 unspecified atom stereocenters. The molecule has 0 aromatic rings. The van der Waals surface area contributed by atoms with Crippen molar-refractivity contribution in [1.82, 2.24) is 9.62 Å². The molecule has 0 saturated heterocycles. The monoisotopic (exact) mass is 318 g/mol. The van der Waals surface area contributed by atoms with Crippen molar-refractivity contribution in [2.75, 3.05) is 18.8 Å². The molecule has 7 heteroatoms. The van der Waals surface area contributed by atoms with Crippen LogP contribution in [0.15, 0.2) is 0 Å². The van der Waals surface area contributed by atoms with Crippen LogP contribution >= 0.6 is 0 Å². The molecular formula is C14H26N2O4S. The number of hydrogen-bond donors (Lipinski definition) is 2. The van der Waals surface area contributed by atoms with E-state index in [4.69, 9.17) is 5.11 Å². The summed E-state index contributed by atoms with van der Waals surface area (Å²) in [5.41, 5.74) is 0. The van der Waals surface area contributed by atoms with E-state index in [0.29, 0.717) is 12.3 Å². The van der Waals surface area contributed by atoms with Crippen LogP contribution in [0.4, 0.5) is 0 Å². The molecule has 0 radical (unpaired) electrons. The van der Waals surface area contributed by atoms with Gasteiger partial charge in [0.1, 0.15) is 0 Å². The Balaban J connectivity index is 1.76. The summed E-state index contributed by atoms with van der Waals surface area (Å²) in [5, 5.41) is 8.98. The van der Waals surface area contributed by atoms with Crippen molar-refractivity contribution in [3.05, 3.63) is 0 Å². The predicted molar refractivity (Wildman–Crippen MR) is 80.6 cm³/mol. The second-order valence-electron chi connectivity index (χ2n) is 6.38. The van der Waals surface area contributed by atoms with Crippen molar-refractivity contribution in [3.63, 3.8) is 0 Å². The van der Waals surface area contributed by atoms with E-state index < -0.39 is 16.0 Å². The topological polar surface area (TPSA) is 86.7 Å². The first-order valence-corrected chi connectivity index (χ1v) is 9.50. The average Bonchev–Trinajstić information content (AvgIpc) is 3.13. The third-order valence-electron chi connectivity index (χ3n) is 4.27. The molecule has 21 heavy (non-hydrogen) atoms. The van der Waals surface area contributed by atoms with Gasteiger partial charge in [0.15, 0.2) is 0 Å². The standard InChI is InChI=1S/C14H26N2O4S/c1-2-3-6-21(19,20)15-12-7-13(8-12)16(10-14(17)18)9-11-4-5-11/h11-13,15H,2-10H2,1H3,(H,17,18). The number of unbranched alkanes of at least 4 members (excludes halogenated alkanes) is 1. The average molecular weight is 318 g/mol. The number of nitrogens with zero attached hydrogens (tertiary/aromatic N) is 1. The molecule has 0 aromatic heterocycles. The Bertz CT molecular complexity index is 456. The highest BCUT2D eigenvalue weighted by molar-refractivity contribution is 7.89. The molecule has 122 valence electrons. The van der Waals surface area contributed by atoms with E-state index in [1.165, 1.54) is 12.8 Å². The van der Waals surface area contributed by atoms with Crippen LogP contribution in [0.3, 0.4) is 0 Å². The SMILES string of the molecule is CCCCS(=O)(=O)NC1CC(N(CC(=O)O)CC2CC2)C1. The maximum Gasteiger partial charge on any atom is 0.317 e. The van der Waals surface area contributed by atoms with Gasteiger partial charge in [0.05, 0.1) is 12.3 Å². The van der Waals surface area contributed by atoms with Crippen LogP contribution in [0.5, 0.6) is 0 Å². The molecule has 0 bridgehead atoms. The highest BCUT2D eigenvalue weighted by atomic mass is 32.2. The lowest BCUT2D eigenvalue weighted by molar-refractivity contribution is -0.139. The third-order valence-corrected chi connectivity index (χ3v) is 5.79. The van der Waals surface area contributed by atoms with Crippen molar-refractivity contribution in [2.45, 2.75) is 57.5 Å². The van der Waals surface area contributed by atoms with Gasteiger partial charge in [-0.3, -0.25) is 9.69 Å². The minimum atomic E-state index is -3.17. The van der Waals surface area contributed by atoms with Crippen LogP contribution in [-0.2, 0) is 14.8 Å². The molecule has 2 aliphatic rings. The molecule has 0 spiro atoms. The van der Waals surface area contributed by atoms with E-state index >= 15 is 0 Å². The number of aliphatic carboxylic acids is 1. The minimum Gasteiger partial charge on any atom is -0.480 e. The molecular weight excluding hydrogens is 292 g/mol. The van der Waals surface area contributed by atoms with Gasteiger partial charge in [-0.2, -0.15) is 0 Å². The zero-order chi connectivity index (χ0) is 15.5. The van der Waals surface area contributed by atoms with Gasteiger partial charge in [0, 0.05) is 18.6 Å². The van der Waals surface area contributed by atoms with E-state index in [9.17, 15) is 13.2 Å². The van der Waals surface area contributed by atoms with Crippen LogP contribution in [0.1, 0.15) is 45.4 Å². The Morgan fingerprint density at radius 2 is 2.00 bits per heavy atom. The lowest BCUT2D eigenvalue weighted by atomic mass is 9.86. The van der Waals surface area contributed by atoms with Crippen molar-refractivity contribution in [1.29, 1.82) is 0 Å². The number of nitrogens with one attached hydrogen (secondary N) is 1. The lowest BCUT2D eigenvalue weighted by Gasteiger charge is -2.42. The smallest absolute Gasteiger partial charge is 0.317 e. The molecule has 6 nitrogen and oxygen atoms in total. The number of rotatable bonds is 10. The third kappa shape index (κ3) is 5.56. The Morgan fingerprint density at radius 1 is 1.33 bits per heavy atom. The molecule has 2 rings (SSSR count). The molecule has 2 aliphatic carbocycles. The van der Waals surface area contributed by atoms with Gasteiger partial charge in [-0.05, 0) is 38.0 Å². The fourth-order valence-electron chi connectivity index (χ4n) is 2.78. The van der Waals surface area contributed by atoms with E-state index in [1.807, 2.05) is 11.8 Å². The molecule has 0 heterocycles. The Morgan fingerprint density at radius 3 is 2.52 bits per heavy atom. The number of hydrogen-bond acceptors (Lipinski definition) is 4. The largest absolute Gasteiger partial charge is 0.480 e. The molecule has 0 aliphatic heterocycles. The zero-order valence-corrected chi connectivity index (χ0v) is 13.4. The summed E-state index contributed by atoms with van der Waals surface area (Å²) in [6.07, 6.45) is 5.38. The highest BCUT2D eigenvalue weighted by Crippen LogP contribution is 2.33. The summed E-state index contributed by atoms with van der Waals surface area (Å²) in [7, 11) is -3.17. The summed E-state index contributed by atoms with van der Waals surface area (Å²) >= 11 is 0. The first kappa shape index (κ1) is 16.7. The summed E-state index contributed by atoms with van der Waals surface area (Å²) < 4.78 is 26.4. The number of carbonyl (C=O) groups is 1. The summed E-state index contributed by atoms with van der Waals surface area (Å²) in [4.78, 5) is 12.9. The fourth-order valence-corrected chi connectivity index (χ4v) is 4.26. The van der Waals surface area contributed by atoms with E-state index in [0.717, 1.165) is 25.8 Å². The minimum absolute atomic E-state index is 0.0210. The van der Waals surface area contributed by atoms with Crippen LogP contribution in [0, 0.1) is 5.92 Å². The molecule has 0 atom stereocenters. The maximum absolute atomic E-state index is 11.8. The normalized spacial score (nSPS) is 25.8. The summed E-state index contributed by atoms with van der Waals surface area (Å²) in [5.74, 6) is 0.0262. The van der Waals surface area contributed by atoms with Crippen molar-refractivity contribution in [2.24, 2.45) is 5.92 Å². The summed E-state index contributed by atoms with van der Waals surface area (Å²) in [6, 6.07) is 0.188. The van der Waals surface area contributed by atoms with E-state index in [2.05, 4.69) is 4.72 Å². The van der Waals surface area contributed by atoms with Gasteiger partial charge in [-0.15, -0.1) is 0 Å². The van der Waals surface area contributed by atoms with Gasteiger partial charge >= 0.3 is 5.97 Å². The van der Waals surface area contributed by atoms with Crippen LogP contribution < -0.4 is 4.72 Å². The molecule has 2 N–H and O–H groups in total. The first-order valence-electron chi connectivity index (χ1n) is 7.85. The molecule has 2 saturated carbocycles. The Labute approximate surface area is 126 Å². The van der Waals surface area contributed by atoms with Gasteiger partial charge in [-0.25, -0.2) is 13.1 Å². The van der Waals surface area contributed by atoms with Gasteiger partial charge in [0.25, 0.3) is 0 Å². The number of carboxylic acid groups (broad SMARTS) is 1. The second-order valence-corrected chi connectivity index (χ2v) is 8.25. The molecule has 0 aromatic carbocycles. The van der Waals surface area contributed by atoms with Crippen LogP contribution in [0.25, 0.3) is 0 Å². The van der Waals surface area contributed by atoms with E-state index in [-0.39, 0.29) is 24.4 Å². The van der Waals surface area contributed by atoms with Crippen molar-refractivity contribution >= 4 is 16.0 Å². The highest BCUT2D eigenvalue weighted by Gasteiger charge is 2.38. The van der Waals surface area contributed by atoms with Gasteiger partial charge in [0.2, 0.25) is 10.0 Å². The Hall–Kier alpha value is -0.660.